The summed E-state index contributed by atoms with van der Waals surface area (Å²) in [4.78, 5) is 9.46. The average Bonchev–Trinajstić information content (AvgIpc) is 3.14. The van der Waals surface area contributed by atoms with E-state index in [9.17, 15) is 8.42 Å². The lowest BCUT2D eigenvalue weighted by atomic mass is 10.4. The van der Waals surface area contributed by atoms with E-state index in [4.69, 9.17) is 0 Å². The SMILES string of the molecule is O=S(=O)(CCc1cccs1)Nc1cnc(C2CC2)nc1. The number of nitrogens with one attached hydrogen (secondary N) is 1. The number of aryl methyl sites for hydroxylation is 1. The molecule has 1 aliphatic rings. The number of nitrogens with zero attached hydrogens (tertiary/aromatic N) is 2. The molecule has 0 spiro atoms. The van der Waals surface area contributed by atoms with Crippen molar-refractivity contribution in [1.29, 1.82) is 0 Å². The molecule has 2 heterocycles. The lowest BCUT2D eigenvalue weighted by molar-refractivity contribution is 0.600. The van der Waals surface area contributed by atoms with Crippen molar-refractivity contribution in [3.8, 4) is 0 Å². The van der Waals surface area contributed by atoms with Crippen LogP contribution in [0.4, 0.5) is 5.69 Å². The number of rotatable bonds is 6. The summed E-state index contributed by atoms with van der Waals surface area (Å²) >= 11 is 1.57. The molecule has 1 fully saturated rings. The molecular weight excluding hydrogens is 294 g/mol. The summed E-state index contributed by atoms with van der Waals surface area (Å²) in [5, 5.41) is 1.94. The Balaban J connectivity index is 1.60. The van der Waals surface area contributed by atoms with Crippen LogP contribution in [0.3, 0.4) is 0 Å². The molecule has 5 nitrogen and oxygen atoms in total. The predicted octanol–water partition coefficient (Wildman–Crippen LogP) is 2.40. The Morgan fingerprint density at radius 1 is 1.30 bits per heavy atom. The summed E-state index contributed by atoms with van der Waals surface area (Å²) in [6, 6.07) is 3.86. The molecule has 0 saturated heterocycles. The van der Waals surface area contributed by atoms with Crippen molar-refractivity contribution in [2.24, 2.45) is 0 Å². The summed E-state index contributed by atoms with van der Waals surface area (Å²) in [6.07, 6.45) is 5.87. The minimum atomic E-state index is -3.35. The van der Waals surface area contributed by atoms with E-state index in [0.717, 1.165) is 23.5 Å². The first-order valence-electron chi connectivity index (χ1n) is 6.47. The second kappa shape index (κ2) is 5.49. The predicted molar refractivity (Wildman–Crippen MR) is 79.4 cm³/mol. The zero-order chi connectivity index (χ0) is 14.0. The van der Waals surface area contributed by atoms with E-state index in [1.165, 1.54) is 0 Å². The first-order valence-corrected chi connectivity index (χ1v) is 9.00. The molecule has 0 unspecified atom stereocenters. The highest BCUT2D eigenvalue weighted by Gasteiger charge is 2.26. The molecular formula is C13H15N3O2S2. The number of aromatic nitrogens is 2. The van der Waals surface area contributed by atoms with Crippen molar-refractivity contribution in [3.63, 3.8) is 0 Å². The number of anilines is 1. The fourth-order valence-electron chi connectivity index (χ4n) is 1.86. The third-order valence-corrected chi connectivity index (χ3v) is 5.31. The van der Waals surface area contributed by atoms with Gasteiger partial charge in [0, 0.05) is 10.8 Å². The van der Waals surface area contributed by atoms with Crippen molar-refractivity contribution in [1.82, 2.24) is 9.97 Å². The van der Waals surface area contributed by atoms with Crippen LogP contribution >= 0.6 is 11.3 Å². The zero-order valence-electron chi connectivity index (χ0n) is 10.8. The van der Waals surface area contributed by atoms with Crippen molar-refractivity contribution in [2.75, 3.05) is 10.5 Å². The molecule has 0 bridgehead atoms. The largest absolute Gasteiger partial charge is 0.280 e. The summed E-state index contributed by atoms with van der Waals surface area (Å²) in [6.45, 7) is 0. The summed E-state index contributed by atoms with van der Waals surface area (Å²) in [5.41, 5.74) is 0.431. The van der Waals surface area contributed by atoms with Crippen LogP contribution in [-0.4, -0.2) is 24.1 Å². The van der Waals surface area contributed by atoms with E-state index < -0.39 is 10.0 Å². The molecule has 1 saturated carbocycles. The van der Waals surface area contributed by atoms with Crippen molar-refractivity contribution < 1.29 is 8.42 Å². The van der Waals surface area contributed by atoms with Crippen LogP contribution in [0.25, 0.3) is 0 Å². The maximum Gasteiger partial charge on any atom is 0.233 e. The highest BCUT2D eigenvalue weighted by Crippen LogP contribution is 2.37. The third-order valence-electron chi connectivity index (χ3n) is 3.08. The van der Waals surface area contributed by atoms with Crippen LogP contribution in [-0.2, 0) is 16.4 Å². The third kappa shape index (κ3) is 3.55. The second-order valence-electron chi connectivity index (χ2n) is 4.85. The topological polar surface area (TPSA) is 72.0 Å². The van der Waals surface area contributed by atoms with Gasteiger partial charge in [-0.15, -0.1) is 11.3 Å². The second-order valence-corrected chi connectivity index (χ2v) is 7.73. The average molecular weight is 309 g/mol. The zero-order valence-corrected chi connectivity index (χ0v) is 12.5. The molecule has 3 rings (SSSR count). The van der Waals surface area contributed by atoms with E-state index in [1.807, 2.05) is 17.5 Å². The Bertz CT molecular complexity index is 662. The Morgan fingerprint density at radius 3 is 2.65 bits per heavy atom. The van der Waals surface area contributed by atoms with Gasteiger partial charge in [-0.25, -0.2) is 18.4 Å². The van der Waals surface area contributed by atoms with Gasteiger partial charge in [0.25, 0.3) is 0 Å². The molecule has 106 valence electrons. The van der Waals surface area contributed by atoms with Crippen molar-refractivity contribution in [3.05, 3.63) is 40.6 Å². The fraction of sp³-hybridized carbons (Fsp3) is 0.385. The summed E-state index contributed by atoms with van der Waals surface area (Å²) < 4.78 is 26.4. The molecule has 1 aliphatic carbocycles. The molecule has 0 amide bonds. The van der Waals surface area contributed by atoms with E-state index in [1.54, 1.807) is 23.7 Å². The van der Waals surface area contributed by atoms with E-state index in [0.29, 0.717) is 18.0 Å². The Kier molecular flexibility index (Phi) is 3.71. The molecule has 7 heteroatoms. The Labute approximate surface area is 122 Å². The first kappa shape index (κ1) is 13.5. The maximum absolute atomic E-state index is 12.0. The normalized spacial score (nSPS) is 15.2. The Morgan fingerprint density at radius 2 is 2.05 bits per heavy atom. The van der Waals surface area contributed by atoms with Crippen LogP contribution in [0.15, 0.2) is 29.9 Å². The lowest BCUT2D eigenvalue weighted by Gasteiger charge is -2.07. The highest BCUT2D eigenvalue weighted by atomic mass is 32.2. The smallest absolute Gasteiger partial charge is 0.233 e. The molecule has 20 heavy (non-hydrogen) atoms. The molecule has 0 aliphatic heterocycles. The minimum Gasteiger partial charge on any atom is -0.280 e. The van der Waals surface area contributed by atoms with E-state index in [-0.39, 0.29) is 5.75 Å². The van der Waals surface area contributed by atoms with Crippen molar-refractivity contribution in [2.45, 2.75) is 25.2 Å². The van der Waals surface area contributed by atoms with Crippen LogP contribution in [0, 0.1) is 0 Å². The van der Waals surface area contributed by atoms with Gasteiger partial charge in [-0.1, -0.05) is 6.07 Å². The van der Waals surface area contributed by atoms with E-state index >= 15 is 0 Å². The standard InChI is InChI=1S/C13H15N3O2S2/c17-20(18,7-5-12-2-1-6-19-12)16-11-8-14-13(15-9-11)10-3-4-10/h1-2,6,8-10,16H,3-5,7H2. The van der Waals surface area contributed by atoms with Gasteiger partial charge in [0.1, 0.15) is 5.82 Å². The van der Waals surface area contributed by atoms with Gasteiger partial charge in [0.15, 0.2) is 0 Å². The van der Waals surface area contributed by atoms with Gasteiger partial charge in [0.05, 0.1) is 23.8 Å². The van der Waals surface area contributed by atoms with Crippen molar-refractivity contribution >= 4 is 27.0 Å². The maximum atomic E-state index is 12.0. The van der Waals surface area contributed by atoms with Gasteiger partial charge < -0.3 is 0 Å². The Hall–Kier alpha value is -1.47. The van der Waals surface area contributed by atoms with Crippen LogP contribution in [0.2, 0.25) is 0 Å². The summed E-state index contributed by atoms with van der Waals surface area (Å²) in [5.74, 6) is 1.35. The lowest BCUT2D eigenvalue weighted by Crippen LogP contribution is -2.18. The fourth-order valence-corrected chi connectivity index (χ4v) is 3.76. The molecule has 2 aromatic rings. The number of thiophene rings is 1. The quantitative estimate of drug-likeness (QED) is 0.889. The van der Waals surface area contributed by atoms with E-state index in [2.05, 4.69) is 14.7 Å². The first-order chi connectivity index (χ1) is 9.62. The molecule has 1 N–H and O–H groups in total. The van der Waals surface area contributed by atoms with Gasteiger partial charge in [-0.2, -0.15) is 0 Å². The van der Waals surface area contributed by atoms with Crippen LogP contribution < -0.4 is 4.72 Å². The molecule has 0 atom stereocenters. The molecule has 0 aromatic carbocycles. The highest BCUT2D eigenvalue weighted by molar-refractivity contribution is 7.92. The van der Waals surface area contributed by atoms with Gasteiger partial charge >= 0.3 is 0 Å². The van der Waals surface area contributed by atoms with Gasteiger partial charge in [0.2, 0.25) is 10.0 Å². The number of hydrogen-bond acceptors (Lipinski definition) is 5. The van der Waals surface area contributed by atoms with Crippen LogP contribution in [0.1, 0.15) is 29.5 Å². The minimum absolute atomic E-state index is 0.0674. The van der Waals surface area contributed by atoms with Gasteiger partial charge in [-0.05, 0) is 30.7 Å². The number of sulfonamides is 1. The number of hydrogen-bond donors (Lipinski definition) is 1. The monoisotopic (exact) mass is 309 g/mol. The summed E-state index contributed by atoms with van der Waals surface area (Å²) in [7, 11) is -3.35. The molecule has 0 radical (unpaired) electrons. The van der Waals surface area contributed by atoms with Crippen LogP contribution in [0.5, 0.6) is 0 Å². The molecule has 2 aromatic heterocycles. The van der Waals surface area contributed by atoms with Gasteiger partial charge in [-0.3, -0.25) is 4.72 Å².